The minimum absolute atomic E-state index is 0.00165. The first kappa shape index (κ1) is 17.1. The van der Waals surface area contributed by atoms with Crippen molar-refractivity contribution in [3.8, 4) is 17.2 Å². The highest BCUT2D eigenvalue weighted by Gasteiger charge is 2.09. The van der Waals surface area contributed by atoms with E-state index in [1.165, 1.54) is 37.5 Å². The molecular weight excluding hydrogens is 308 g/mol. The number of ketones is 1. The fourth-order valence-corrected chi connectivity index (χ4v) is 2.06. The van der Waals surface area contributed by atoms with Gasteiger partial charge in [0.1, 0.15) is 11.7 Å². The third kappa shape index (κ3) is 4.35. The Kier molecular flexibility index (Phi) is 5.55. The summed E-state index contributed by atoms with van der Waals surface area (Å²) in [5.74, 6) is 1.62. The monoisotopic (exact) mass is 324 g/mol. The van der Waals surface area contributed by atoms with Crippen LogP contribution < -0.4 is 4.74 Å². The number of carbonyl (C=O) groups excluding carboxylic acids is 2. The molecule has 2 aromatic rings. The number of hydrogen-bond acceptors (Lipinski definition) is 5. The highest BCUT2D eigenvalue weighted by molar-refractivity contribution is 6.11. The molecule has 2 aromatic carbocycles. The Labute approximate surface area is 139 Å². The SMILES string of the molecule is COc1cc(/C=C/C(=O)C(=C=O)Cc2ccc(O)cc2)ccc1O. The molecule has 0 radical (unpaired) electrons. The Morgan fingerprint density at radius 2 is 1.88 bits per heavy atom. The predicted octanol–water partition coefficient (Wildman–Crippen LogP) is 2.69. The van der Waals surface area contributed by atoms with Crippen LogP contribution in [0.15, 0.2) is 54.1 Å². The van der Waals surface area contributed by atoms with Crippen LogP contribution in [0.5, 0.6) is 17.2 Å². The smallest absolute Gasteiger partial charge is 0.193 e. The molecule has 0 aliphatic heterocycles. The molecular formula is C19H16O5. The maximum atomic E-state index is 12.1. The second kappa shape index (κ2) is 7.81. The molecule has 0 heterocycles. The molecule has 0 atom stereocenters. The van der Waals surface area contributed by atoms with Gasteiger partial charge >= 0.3 is 0 Å². The van der Waals surface area contributed by atoms with E-state index in [0.717, 1.165) is 5.56 Å². The first-order valence-electron chi connectivity index (χ1n) is 7.15. The lowest BCUT2D eigenvalue weighted by molar-refractivity contribution is -0.111. The molecule has 0 unspecified atom stereocenters. The van der Waals surface area contributed by atoms with Gasteiger partial charge in [-0.15, -0.1) is 0 Å². The van der Waals surface area contributed by atoms with E-state index >= 15 is 0 Å². The number of carbonyl (C=O) groups is 1. The first-order valence-corrected chi connectivity index (χ1v) is 7.15. The molecule has 24 heavy (non-hydrogen) atoms. The number of methoxy groups -OCH3 is 1. The van der Waals surface area contributed by atoms with E-state index in [1.807, 2.05) is 0 Å². The Bertz CT molecular complexity index is 812. The Hall–Kier alpha value is -3.30. The second-order valence-corrected chi connectivity index (χ2v) is 5.05. The van der Waals surface area contributed by atoms with Crippen molar-refractivity contribution < 1.29 is 24.5 Å². The number of phenols is 2. The molecule has 0 spiro atoms. The van der Waals surface area contributed by atoms with E-state index in [0.29, 0.717) is 11.3 Å². The molecule has 0 aromatic heterocycles. The van der Waals surface area contributed by atoms with E-state index in [1.54, 1.807) is 30.2 Å². The van der Waals surface area contributed by atoms with Gasteiger partial charge in [0.05, 0.1) is 12.7 Å². The number of rotatable bonds is 6. The molecule has 0 aliphatic rings. The number of allylic oxidation sites excluding steroid dienone is 2. The van der Waals surface area contributed by atoms with E-state index in [-0.39, 0.29) is 23.5 Å². The minimum atomic E-state index is -0.454. The second-order valence-electron chi connectivity index (χ2n) is 5.05. The van der Waals surface area contributed by atoms with Crippen molar-refractivity contribution >= 4 is 17.8 Å². The van der Waals surface area contributed by atoms with Gasteiger partial charge in [0.15, 0.2) is 17.3 Å². The quantitative estimate of drug-likeness (QED) is 0.630. The van der Waals surface area contributed by atoms with Gasteiger partial charge in [0.2, 0.25) is 0 Å². The minimum Gasteiger partial charge on any atom is -0.508 e. The molecule has 5 heteroatoms. The molecule has 2 rings (SSSR count). The molecule has 0 aliphatic carbocycles. The van der Waals surface area contributed by atoms with Crippen LogP contribution in [0, 0.1) is 0 Å². The van der Waals surface area contributed by atoms with Crippen LogP contribution in [0.25, 0.3) is 6.08 Å². The molecule has 0 bridgehead atoms. The number of benzene rings is 2. The number of aromatic hydroxyl groups is 2. The van der Waals surface area contributed by atoms with Crippen molar-refractivity contribution in [3.63, 3.8) is 0 Å². The van der Waals surface area contributed by atoms with Crippen LogP contribution in [0.4, 0.5) is 0 Å². The van der Waals surface area contributed by atoms with Crippen LogP contribution in [-0.4, -0.2) is 29.0 Å². The average molecular weight is 324 g/mol. The van der Waals surface area contributed by atoms with Gasteiger partial charge < -0.3 is 14.9 Å². The highest BCUT2D eigenvalue weighted by atomic mass is 16.5. The normalized spacial score (nSPS) is 10.4. The zero-order valence-corrected chi connectivity index (χ0v) is 13.0. The lowest BCUT2D eigenvalue weighted by Gasteiger charge is -2.04. The van der Waals surface area contributed by atoms with Crippen molar-refractivity contribution in [1.82, 2.24) is 0 Å². The number of phenolic OH excluding ortho intramolecular Hbond substituents is 2. The standard InChI is InChI=1S/C19H16O5/c1-24-19-11-14(5-9-18(19)23)4-8-17(22)15(12-20)10-13-2-6-16(21)7-3-13/h2-9,11,21,23H,10H2,1H3/b8-4+. The van der Waals surface area contributed by atoms with Gasteiger partial charge in [-0.05, 0) is 41.5 Å². The lowest BCUT2D eigenvalue weighted by atomic mass is 10.0. The van der Waals surface area contributed by atoms with Crippen molar-refractivity contribution in [2.24, 2.45) is 0 Å². The summed E-state index contributed by atoms with van der Waals surface area (Å²) >= 11 is 0. The summed E-state index contributed by atoms with van der Waals surface area (Å²) < 4.78 is 4.99. The third-order valence-corrected chi connectivity index (χ3v) is 3.37. The summed E-state index contributed by atoms with van der Waals surface area (Å²) in [4.78, 5) is 23.2. The molecule has 0 saturated carbocycles. The Morgan fingerprint density at radius 1 is 1.17 bits per heavy atom. The van der Waals surface area contributed by atoms with Gasteiger partial charge in [0, 0.05) is 6.42 Å². The molecule has 0 fully saturated rings. The average Bonchev–Trinajstić information content (AvgIpc) is 2.60. The molecule has 5 nitrogen and oxygen atoms in total. The topological polar surface area (TPSA) is 83.8 Å². The van der Waals surface area contributed by atoms with Crippen molar-refractivity contribution in [1.29, 1.82) is 0 Å². The fraction of sp³-hybridized carbons (Fsp3) is 0.105. The Morgan fingerprint density at radius 3 is 2.50 bits per heavy atom. The van der Waals surface area contributed by atoms with E-state index in [2.05, 4.69) is 0 Å². The molecule has 0 saturated heterocycles. The van der Waals surface area contributed by atoms with Gasteiger partial charge in [-0.3, -0.25) is 4.79 Å². The predicted molar refractivity (Wildman–Crippen MR) is 89.7 cm³/mol. The fourth-order valence-electron chi connectivity index (χ4n) is 2.06. The maximum Gasteiger partial charge on any atom is 0.193 e. The highest BCUT2D eigenvalue weighted by Crippen LogP contribution is 2.26. The number of hydrogen-bond donors (Lipinski definition) is 2. The van der Waals surface area contributed by atoms with Gasteiger partial charge in [-0.1, -0.05) is 24.3 Å². The number of ether oxygens (including phenoxy) is 1. The maximum absolute atomic E-state index is 12.1. The van der Waals surface area contributed by atoms with E-state index in [9.17, 15) is 19.8 Å². The summed E-state index contributed by atoms with van der Waals surface area (Å²) in [6.45, 7) is 0. The van der Waals surface area contributed by atoms with Crippen LogP contribution in [0.2, 0.25) is 0 Å². The van der Waals surface area contributed by atoms with Gasteiger partial charge in [-0.2, -0.15) is 0 Å². The van der Waals surface area contributed by atoms with Crippen LogP contribution >= 0.6 is 0 Å². The Balaban J connectivity index is 2.11. The summed E-state index contributed by atoms with van der Waals surface area (Å²) in [5, 5.41) is 18.8. The van der Waals surface area contributed by atoms with Gasteiger partial charge in [0.25, 0.3) is 0 Å². The van der Waals surface area contributed by atoms with Crippen LogP contribution in [0.1, 0.15) is 11.1 Å². The molecule has 0 amide bonds. The summed E-state index contributed by atoms with van der Waals surface area (Å²) in [7, 11) is 1.43. The summed E-state index contributed by atoms with van der Waals surface area (Å²) in [6.07, 6.45) is 2.93. The first-order chi connectivity index (χ1) is 11.5. The zero-order chi connectivity index (χ0) is 17.5. The van der Waals surface area contributed by atoms with E-state index in [4.69, 9.17) is 4.74 Å². The van der Waals surface area contributed by atoms with Crippen molar-refractivity contribution in [3.05, 3.63) is 65.2 Å². The third-order valence-electron chi connectivity index (χ3n) is 3.37. The van der Waals surface area contributed by atoms with Crippen molar-refractivity contribution in [2.45, 2.75) is 6.42 Å². The zero-order valence-electron chi connectivity index (χ0n) is 13.0. The van der Waals surface area contributed by atoms with Crippen LogP contribution in [-0.2, 0) is 16.0 Å². The summed E-state index contributed by atoms with van der Waals surface area (Å²) in [6, 6.07) is 10.9. The largest absolute Gasteiger partial charge is 0.508 e. The summed E-state index contributed by atoms with van der Waals surface area (Å²) in [5.41, 5.74) is 1.36. The molecule has 122 valence electrons. The van der Waals surface area contributed by atoms with E-state index < -0.39 is 5.78 Å². The van der Waals surface area contributed by atoms with Crippen LogP contribution in [0.3, 0.4) is 0 Å². The van der Waals surface area contributed by atoms with Crippen molar-refractivity contribution in [2.75, 3.05) is 7.11 Å². The molecule has 2 N–H and O–H groups in total. The van der Waals surface area contributed by atoms with Gasteiger partial charge in [-0.25, -0.2) is 4.79 Å². The lowest BCUT2D eigenvalue weighted by Crippen LogP contribution is -2.03.